The molecule has 3 rings (SSSR count). The zero-order chi connectivity index (χ0) is 8.73. The molecular formula is C12H14N. The summed E-state index contributed by atoms with van der Waals surface area (Å²) >= 11 is 0. The summed E-state index contributed by atoms with van der Waals surface area (Å²) in [6.07, 6.45) is 5.20. The van der Waals surface area contributed by atoms with Crippen LogP contribution in [0, 0.1) is 6.07 Å². The van der Waals surface area contributed by atoms with Gasteiger partial charge in [0.1, 0.15) is 0 Å². The zero-order valence-electron chi connectivity index (χ0n) is 7.77. The zero-order valence-corrected chi connectivity index (χ0v) is 7.77. The average molecular weight is 172 g/mol. The van der Waals surface area contributed by atoms with Crippen molar-refractivity contribution in [2.45, 2.75) is 31.2 Å². The van der Waals surface area contributed by atoms with E-state index in [1.54, 1.807) is 5.56 Å². The van der Waals surface area contributed by atoms with Crippen molar-refractivity contribution < 1.29 is 0 Å². The van der Waals surface area contributed by atoms with Gasteiger partial charge in [-0.05, 0) is 42.9 Å². The third kappa shape index (κ3) is 0.969. The van der Waals surface area contributed by atoms with Gasteiger partial charge in [-0.15, -0.1) is 0 Å². The lowest BCUT2D eigenvalue weighted by Crippen LogP contribution is -2.51. The highest BCUT2D eigenvalue weighted by atomic mass is 15.0. The highest BCUT2D eigenvalue weighted by Gasteiger charge is 2.40. The number of nitrogens with one attached hydrogen (secondary N) is 1. The van der Waals surface area contributed by atoms with E-state index in [-0.39, 0.29) is 0 Å². The molecule has 1 heteroatoms. The highest BCUT2D eigenvalue weighted by molar-refractivity contribution is 5.37. The molecule has 1 aliphatic heterocycles. The van der Waals surface area contributed by atoms with E-state index in [9.17, 15) is 0 Å². The molecule has 1 fully saturated rings. The van der Waals surface area contributed by atoms with Gasteiger partial charge in [0.25, 0.3) is 0 Å². The maximum Gasteiger partial charge on any atom is 0.0437 e. The van der Waals surface area contributed by atoms with Crippen LogP contribution in [0.3, 0.4) is 0 Å². The third-order valence-corrected chi connectivity index (χ3v) is 3.53. The van der Waals surface area contributed by atoms with Crippen LogP contribution in [0.4, 0.5) is 0 Å². The third-order valence-electron chi connectivity index (χ3n) is 3.53. The van der Waals surface area contributed by atoms with Gasteiger partial charge in [-0.3, -0.25) is 0 Å². The van der Waals surface area contributed by atoms with E-state index in [0.29, 0.717) is 5.54 Å². The van der Waals surface area contributed by atoms with Crippen LogP contribution in [0.1, 0.15) is 30.4 Å². The van der Waals surface area contributed by atoms with Crippen LogP contribution in [0.25, 0.3) is 0 Å². The Labute approximate surface area is 79.2 Å². The quantitative estimate of drug-likeness (QED) is 0.631. The van der Waals surface area contributed by atoms with E-state index < -0.39 is 0 Å². The van der Waals surface area contributed by atoms with Crippen molar-refractivity contribution in [2.24, 2.45) is 0 Å². The fraction of sp³-hybridized carbons (Fsp3) is 0.500. The molecule has 67 valence electrons. The largest absolute Gasteiger partial charge is 0.307 e. The molecule has 0 aromatic heterocycles. The summed E-state index contributed by atoms with van der Waals surface area (Å²) in [5.41, 5.74) is 3.42. The molecule has 2 aliphatic rings. The van der Waals surface area contributed by atoms with Crippen molar-refractivity contribution in [3.63, 3.8) is 0 Å². The Bertz CT molecular complexity index is 326. The Morgan fingerprint density at radius 1 is 1.38 bits per heavy atom. The van der Waals surface area contributed by atoms with Gasteiger partial charge in [0.2, 0.25) is 0 Å². The van der Waals surface area contributed by atoms with Crippen molar-refractivity contribution in [2.75, 3.05) is 6.54 Å². The lowest BCUT2D eigenvalue weighted by Gasteiger charge is -2.47. The minimum atomic E-state index is 0.364. The summed E-state index contributed by atoms with van der Waals surface area (Å²) in [5, 5.41) is 3.67. The Morgan fingerprint density at radius 2 is 2.31 bits per heavy atom. The summed E-state index contributed by atoms with van der Waals surface area (Å²) in [5.74, 6) is 0. The fourth-order valence-electron chi connectivity index (χ4n) is 2.65. The van der Waals surface area contributed by atoms with Crippen molar-refractivity contribution in [1.29, 1.82) is 0 Å². The standard InChI is InChI=1S/C12H14N/c1-2-5-11-10(4-1)6-9-13-12(11)7-3-8-12/h2,4-5,13H,3,6-9H2. The SMILES string of the molecule is [c]1ccc2c(c1)CCNC21CCC1. The first-order valence-corrected chi connectivity index (χ1v) is 5.15. The molecule has 0 unspecified atom stereocenters. The van der Waals surface area contributed by atoms with E-state index >= 15 is 0 Å². The van der Waals surface area contributed by atoms with E-state index in [1.165, 1.54) is 31.2 Å². The number of benzene rings is 1. The summed E-state index contributed by atoms with van der Waals surface area (Å²) in [4.78, 5) is 0. The molecule has 0 amide bonds. The summed E-state index contributed by atoms with van der Waals surface area (Å²) in [6.45, 7) is 1.14. The van der Waals surface area contributed by atoms with Crippen molar-refractivity contribution >= 4 is 0 Å². The van der Waals surface area contributed by atoms with Crippen LogP contribution >= 0.6 is 0 Å². The van der Waals surface area contributed by atoms with E-state index in [4.69, 9.17) is 0 Å². The molecule has 0 saturated heterocycles. The smallest absolute Gasteiger partial charge is 0.0437 e. The first kappa shape index (κ1) is 7.57. The van der Waals surface area contributed by atoms with Gasteiger partial charge in [0.15, 0.2) is 0 Å². The Morgan fingerprint density at radius 3 is 3.08 bits per heavy atom. The van der Waals surface area contributed by atoms with Gasteiger partial charge in [-0.2, -0.15) is 0 Å². The molecule has 13 heavy (non-hydrogen) atoms. The Balaban J connectivity index is 2.11. The average Bonchev–Trinajstić information content (AvgIpc) is 2.14. The molecule has 1 radical (unpaired) electrons. The minimum Gasteiger partial charge on any atom is -0.307 e. The second kappa shape index (κ2) is 2.58. The summed E-state index contributed by atoms with van der Waals surface area (Å²) < 4.78 is 0. The lowest BCUT2D eigenvalue weighted by molar-refractivity contribution is 0.176. The Kier molecular flexibility index (Phi) is 1.50. The molecule has 1 spiro atoms. The van der Waals surface area contributed by atoms with Crippen molar-refractivity contribution in [1.82, 2.24) is 5.32 Å². The van der Waals surface area contributed by atoms with Crippen molar-refractivity contribution in [3.05, 3.63) is 35.4 Å². The van der Waals surface area contributed by atoms with Crippen LogP contribution in [-0.2, 0) is 12.0 Å². The van der Waals surface area contributed by atoms with E-state index in [2.05, 4.69) is 23.5 Å². The van der Waals surface area contributed by atoms with Gasteiger partial charge in [-0.1, -0.05) is 18.2 Å². The van der Waals surface area contributed by atoms with Crippen molar-refractivity contribution in [3.8, 4) is 0 Å². The van der Waals surface area contributed by atoms with E-state index in [0.717, 1.165) is 6.54 Å². The van der Waals surface area contributed by atoms with Crippen LogP contribution in [0.5, 0.6) is 0 Å². The molecule has 1 aliphatic carbocycles. The molecule has 1 aromatic carbocycles. The predicted octanol–water partition coefficient (Wildman–Crippen LogP) is 2.01. The molecule has 0 atom stereocenters. The number of hydrogen-bond acceptors (Lipinski definition) is 1. The van der Waals surface area contributed by atoms with Crippen LogP contribution < -0.4 is 5.32 Å². The van der Waals surface area contributed by atoms with Gasteiger partial charge in [0, 0.05) is 12.1 Å². The molecule has 1 saturated carbocycles. The first-order chi connectivity index (χ1) is 6.41. The Hall–Kier alpha value is -0.820. The second-order valence-electron chi connectivity index (χ2n) is 4.20. The van der Waals surface area contributed by atoms with Crippen LogP contribution in [-0.4, -0.2) is 6.54 Å². The minimum absolute atomic E-state index is 0.364. The molecule has 1 nitrogen and oxygen atoms in total. The maximum absolute atomic E-state index is 3.67. The summed E-state index contributed by atoms with van der Waals surface area (Å²) in [7, 11) is 0. The molecule has 0 bridgehead atoms. The number of rotatable bonds is 0. The van der Waals surface area contributed by atoms with E-state index in [1.807, 2.05) is 6.07 Å². The van der Waals surface area contributed by atoms with Gasteiger partial charge in [0.05, 0.1) is 0 Å². The molecule has 1 heterocycles. The first-order valence-electron chi connectivity index (χ1n) is 5.15. The highest BCUT2D eigenvalue weighted by Crippen LogP contribution is 2.44. The van der Waals surface area contributed by atoms with Crippen LogP contribution in [0.2, 0.25) is 0 Å². The normalized spacial score (nSPS) is 23.7. The molecular weight excluding hydrogens is 158 g/mol. The lowest BCUT2D eigenvalue weighted by atomic mass is 9.68. The molecule has 1 aromatic rings. The fourth-order valence-corrected chi connectivity index (χ4v) is 2.65. The monoisotopic (exact) mass is 172 g/mol. The van der Waals surface area contributed by atoms with Gasteiger partial charge < -0.3 is 5.32 Å². The second-order valence-corrected chi connectivity index (χ2v) is 4.20. The molecule has 1 N–H and O–H groups in total. The maximum atomic E-state index is 3.67. The van der Waals surface area contributed by atoms with Gasteiger partial charge in [-0.25, -0.2) is 0 Å². The van der Waals surface area contributed by atoms with Crippen LogP contribution in [0.15, 0.2) is 18.2 Å². The summed E-state index contributed by atoms with van der Waals surface area (Å²) in [6, 6.07) is 9.64. The predicted molar refractivity (Wildman–Crippen MR) is 52.5 cm³/mol. The topological polar surface area (TPSA) is 12.0 Å². The number of hydrogen-bond donors (Lipinski definition) is 1. The van der Waals surface area contributed by atoms with Gasteiger partial charge >= 0.3 is 0 Å². The number of fused-ring (bicyclic) bond motifs is 2.